The minimum atomic E-state index is -1.28. The van der Waals surface area contributed by atoms with Crippen LogP contribution < -0.4 is 34.7 Å². The van der Waals surface area contributed by atoms with E-state index in [2.05, 4.69) is 9.97 Å². The first kappa shape index (κ1) is 16.6. The predicted molar refractivity (Wildman–Crippen MR) is 56.9 cm³/mol. The molecule has 0 saturated heterocycles. The van der Waals surface area contributed by atoms with Crippen molar-refractivity contribution in [3.8, 4) is 0 Å². The van der Waals surface area contributed by atoms with Gasteiger partial charge in [0.05, 0.1) is 11.7 Å². The largest absolute Gasteiger partial charge is 1.00 e. The number of aryl methyl sites for hydroxylation is 1. The molecular formula is C11H17N2NaO3. The van der Waals surface area contributed by atoms with E-state index < -0.39 is 11.6 Å². The Bertz CT molecular complexity index is 388. The summed E-state index contributed by atoms with van der Waals surface area (Å²) in [6, 6.07) is 0. The molecule has 0 aliphatic heterocycles. The number of aromatic carboxylic acids is 1. The van der Waals surface area contributed by atoms with E-state index in [9.17, 15) is 9.90 Å². The summed E-state index contributed by atoms with van der Waals surface area (Å²) in [6.45, 7) is 5.56. The third kappa shape index (κ3) is 3.81. The second-order valence-corrected chi connectivity index (χ2v) is 4.16. The minimum Gasteiger partial charge on any atom is -0.543 e. The summed E-state index contributed by atoms with van der Waals surface area (Å²) < 4.78 is 5.24. The molecule has 0 spiro atoms. The molecule has 1 rings (SSSR count). The number of carboxylic acids is 1. The number of hydrogen-bond donors (Lipinski definition) is 1. The molecule has 5 nitrogen and oxygen atoms in total. The molecule has 1 heterocycles. The quantitative estimate of drug-likeness (QED) is 0.590. The third-order valence-corrected chi connectivity index (χ3v) is 2.55. The summed E-state index contributed by atoms with van der Waals surface area (Å²) in [5.41, 5.74) is -0.317. The van der Waals surface area contributed by atoms with Gasteiger partial charge < -0.3 is 19.6 Å². The second kappa shape index (κ2) is 6.54. The number of hydrogen-bond acceptors (Lipinski definition) is 4. The zero-order chi connectivity index (χ0) is 12.3. The van der Waals surface area contributed by atoms with Gasteiger partial charge in [0.25, 0.3) is 0 Å². The van der Waals surface area contributed by atoms with Crippen LogP contribution in [0, 0.1) is 0 Å². The number of aromatic nitrogens is 2. The molecule has 1 aromatic rings. The van der Waals surface area contributed by atoms with Gasteiger partial charge >= 0.3 is 29.6 Å². The molecule has 0 saturated carbocycles. The Morgan fingerprint density at radius 1 is 1.53 bits per heavy atom. The molecule has 0 unspecified atom stereocenters. The third-order valence-electron chi connectivity index (χ3n) is 2.55. The van der Waals surface area contributed by atoms with E-state index in [1.807, 2.05) is 6.92 Å². The zero-order valence-corrected chi connectivity index (χ0v) is 13.1. The van der Waals surface area contributed by atoms with Gasteiger partial charge in [0.1, 0.15) is 17.1 Å². The first-order valence-electron chi connectivity index (χ1n) is 5.28. The van der Waals surface area contributed by atoms with E-state index in [4.69, 9.17) is 4.74 Å². The van der Waals surface area contributed by atoms with Crippen LogP contribution in [0.4, 0.5) is 0 Å². The maximum Gasteiger partial charge on any atom is 1.00 e. The van der Waals surface area contributed by atoms with Crippen molar-refractivity contribution in [2.45, 2.75) is 39.2 Å². The zero-order valence-electron chi connectivity index (χ0n) is 11.1. The van der Waals surface area contributed by atoms with Gasteiger partial charge in [0.2, 0.25) is 0 Å². The maximum atomic E-state index is 11.0. The fourth-order valence-electron chi connectivity index (χ4n) is 1.46. The fraction of sp³-hybridized carbons (Fsp3) is 0.636. The van der Waals surface area contributed by atoms with Crippen molar-refractivity contribution < 1.29 is 44.2 Å². The number of carbonyl (C=O) groups excluding carboxylic acids is 1. The van der Waals surface area contributed by atoms with Crippen LogP contribution in [-0.2, 0) is 16.8 Å². The second-order valence-electron chi connectivity index (χ2n) is 4.16. The smallest absolute Gasteiger partial charge is 0.543 e. The summed E-state index contributed by atoms with van der Waals surface area (Å²) in [4.78, 5) is 18.0. The Morgan fingerprint density at radius 3 is 2.53 bits per heavy atom. The summed E-state index contributed by atoms with van der Waals surface area (Å²) in [5.74, 6) is -0.624. The Labute approximate surface area is 123 Å². The van der Waals surface area contributed by atoms with E-state index in [1.165, 1.54) is 7.11 Å². The molecule has 90 valence electrons. The molecule has 0 aliphatic rings. The summed E-state index contributed by atoms with van der Waals surface area (Å²) in [6.07, 6.45) is 1.60. The van der Waals surface area contributed by atoms with Crippen molar-refractivity contribution in [3.05, 3.63) is 17.2 Å². The molecule has 6 heteroatoms. The Hall–Kier alpha value is -0.360. The number of H-pyrrole nitrogens is 1. The van der Waals surface area contributed by atoms with Crippen molar-refractivity contribution in [1.29, 1.82) is 0 Å². The van der Waals surface area contributed by atoms with Crippen LogP contribution in [-0.4, -0.2) is 23.0 Å². The van der Waals surface area contributed by atoms with Crippen molar-refractivity contribution in [2.24, 2.45) is 0 Å². The van der Waals surface area contributed by atoms with Gasteiger partial charge in [-0.3, -0.25) is 0 Å². The number of nitrogens with zero attached hydrogens (tertiary/aromatic N) is 1. The van der Waals surface area contributed by atoms with Gasteiger partial charge in [-0.15, -0.1) is 0 Å². The minimum absolute atomic E-state index is 0. The topological polar surface area (TPSA) is 78.0 Å². The Morgan fingerprint density at radius 2 is 2.12 bits per heavy atom. The monoisotopic (exact) mass is 248 g/mol. The van der Waals surface area contributed by atoms with Gasteiger partial charge in [-0.1, -0.05) is 6.92 Å². The van der Waals surface area contributed by atoms with E-state index in [-0.39, 0.29) is 35.3 Å². The number of aromatic amines is 1. The number of imidazole rings is 1. The standard InChI is InChI=1S/C11H18N2O3.Na/c1-5-6-7-12-8(10(14)15)9(13-7)11(2,3)16-4;/h5-6H2,1-4H3,(H,12,13)(H,14,15);/q;+1/p-1. The summed E-state index contributed by atoms with van der Waals surface area (Å²) in [5, 5.41) is 11.0. The average Bonchev–Trinajstić information content (AvgIpc) is 2.63. The number of rotatable bonds is 5. The van der Waals surface area contributed by atoms with Crippen molar-refractivity contribution in [1.82, 2.24) is 9.97 Å². The number of carboxylic acid groups (broad SMARTS) is 1. The number of nitrogens with one attached hydrogen (secondary N) is 1. The van der Waals surface area contributed by atoms with Crippen molar-refractivity contribution in [3.63, 3.8) is 0 Å². The van der Waals surface area contributed by atoms with Crippen LogP contribution in [0.1, 0.15) is 49.2 Å². The van der Waals surface area contributed by atoms with Gasteiger partial charge in [0.15, 0.2) is 0 Å². The molecule has 0 amide bonds. The molecular weight excluding hydrogens is 231 g/mol. The molecule has 0 aliphatic carbocycles. The molecule has 0 radical (unpaired) electrons. The molecule has 0 atom stereocenters. The van der Waals surface area contributed by atoms with Crippen LogP contribution >= 0.6 is 0 Å². The van der Waals surface area contributed by atoms with Crippen LogP contribution in [0.15, 0.2) is 0 Å². The number of carbonyl (C=O) groups is 1. The molecule has 1 N–H and O–H groups in total. The van der Waals surface area contributed by atoms with Gasteiger partial charge in [0, 0.05) is 13.5 Å². The number of ether oxygens (including phenoxy) is 1. The van der Waals surface area contributed by atoms with Crippen LogP contribution in [0.3, 0.4) is 0 Å². The summed E-state index contributed by atoms with van der Waals surface area (Å²) in [7, 11) is 1.53. The van der Waals surface area contributed by atoms with E-state index in [1.54, 1.807) is 13.8 Å². The summed E-state index contributed by atoms with van der Waals surface area (Å²) >= 11 is 0. The van der Waals surface area contributed by atoms with E-state index >= 15 is 0 Å². The van der Waals surface area contributed by atoms with Crippen molar-refractivity contribution in [2.75, 3.05) is 7.11 Å². The normalized spacial score (nSPS) is 11.1. The van der Waals surface area contributed by atoms with Crippen LogP contribution in [0.5, 0.6) is 0 Å². The maximum absolute atomic E-state index is 11.0. The predicted octanol–water partition coefficient (Wildman–Crippen LogP) is -2.39. The Balaban J connectivity index is 0.00000256. The molecule has 1 aromatic heterocycles. The number of methoxy groups -OCH3 is 1. The van der Waals surface area contributed by atoms with Gasteiger partial charge in [-0.2, -0.15) is 0 Å². The first-order valence-corrected chi connectivity index (χ1v) is 5.28. The molecule has 0 aromatic carbocycles. The van der Waals surface area contributed by atoms with E-state index in [0.717, 1.165) is 6.42 Å². The molecule has 0 bridgehead atoms. The van der Waals surface area contributed by atoms with Crippen LogP contribution in [0.25, 0.3) is 0 Å². The van der Waals surface area contributed by atoms with Crippen molar-refractivity contribution >= 4 is 5.97 Å². The van der Waals surface area contributed by atoms with Crippen LogP contribution in [0.2, 0.25) is 0 Å². The van der Waals surface area contributed by atoms with E-state index in [0.29, 0.717) is 17.9 Å². The fourth-order valence-corrected chi connectivity index (χ4v) is 1.46. The van der Waals surface area contributed by atoms with Gasteiger partial charge in [-0.05, 0) is 20.3 Å². The average molecular weight is 248 g/mol. The van der Waals surface area contributed by atoms with Gasteiger partial charge in [-0.25, -0.2) is 4.98 Å². The Kier molecular flexibility index (Phi) is 6.40. The molecule has 0 fully saturated rings. The SMILES string of the molecule is CCCc1nc(C(=O)[O-])c(C(C)(C)OC)[nH]1.[Na+]. The molecule has 17 heavy (non-hydrogen) atoms. The first-order chi connectivity index (χ1) is 7.42.